The molecule has 4 atom stereocenters. The number of urea groups is 1. The second-order valence-electron chi connectivity index (χ2n) is 11.2. The Morgan fingerprint density at radius 1 is 0.864 bits per heavy atom. The fourth-order valence-electron chi connectivity index (χ4n) is 5.81. The molecule has 1 aliphatic rings. The molecule has 1 aliphatic heterocycles. The number of carbonyl (C=O) groups is 1. The molecule has 4 aromatic carbocycles. The van der Waals surface area contributed by atoms with Gasteiger partial charge in [0, 0.05) is 24.6 Å². The van der Waals surface area contributed by atoms with E-state index in [1.807, 2.05) is 80.0 Å². The summed E-state index contributed by atoms with van der Waals surface area (Å²) in [4.78, 5) is 16.5. The predicted octanol–water partition coefficient (Wildman–Crippen LogP) is 6.51. The molecule has 44 heavy (non-hydrogen) atoms. The summed E-state index contributed by atoms with van der Waals surface area (Å²) in [6.07, 6.45) is 0.927. The molecular formula is C36H38N4O4. The van der Waals surface area contributed by atoms with Gasteiger partial charge in [-0.15, -0.1) is 0 Å². The molecule has 0 bridgehead atoms. The standard InChI is InChI=1S/C36H38N4O4/c1-3-37-36(42)38-20-26-8-6-9-28(18-26)29-10-7-11-30(19-29)35-43-33(21-40-23-39-31-12-4-5-13-32(31)40)24(2)34(44-35)27-16-14-25(22-41)15-17-27/h4-19,23-24,33-35,41H,3,20-22H2,1-2H3,(H2,37,38,42). The number of para-hydroxylation sites is 2. The fraction of sp³-hybridized carbons (Fsp3) is 0.278. The van der Waals surface area contributed by atoms with Gasteiger partial charge in [-0.25, -0.2) is 9.78 Å². The smallest absolute Gasteiger partial charge is 0.315 e. The first-order valence-corrected chi connectivity index (χ1v) is 15.1. The van der Waals surface area contributed by atoms with Crippen molar-refractivity contribution in [1.29, 1.82) is 0 Å². The van der Waals surface area contributed by atoms with Gasteiger partial charge < -0.3 is 29.8 Å². The number of hydrogen-bond acceptors (Lipinski definition) is 5. The zero-order valence-electron chi connectivity index (χ0n) is 25.0. The predicted molar refractivity (Wildman–Crippen MR) is 170 cm³/mol. The zero-order valence-corrected chi connectivity index (χ0v) is 25.0. The SMILES string of the molecule is CCNC(=O)NCc1cccc(-c2cccc(C3OC(Cn4cnc5ccccc54)C(C)C(c4ccc(CO)cc4)O3)c2)c1. The van der Waals surface area contributed by atoms with Crippen molar-refractivity contribution in [3.05, 3.63) is 126 Å². The normalized spacial score (nSPS) is 20.0. The highest BCUT2D eigenvalue weighted by molar-refractivity contribution is 5.75. The van der Waals surface area contributed by atoms with E-state index in [0.29, 0.717) is 19.6 Å². The van der Waals surface area contributed by atoms with E-state index in [-0.39, 0.29) is 30.8 Å². The lowest BCUT2D eigenvalue weighted by Gasteiger charge is -2.41. The number of aromatic nitrogens is 2. The van der Waals surface area contributed by atoms with E-state index in [0.717, 1.165) is 44.4 Å². The third-order valence-electron chi connectivity index (χ3n) is 8.24. The van der Waals surface area contributed by atoms with Crippen molar-refractivity contribution in [1.82, 2.24) is 20.2 Å². The Kier molecular flexibility index (Phi) is 9.02. The highest BCUT2D eigenvalue weighted by Crippen LogP contribution is 2.43. The van der Waals surface area contributed by atoms with Crippen LogP contribution in [0, 0.1) is 5.92 Å². The molecule has 0 aliphatic carbocycles. The molecule has 1 fully saturated rings. The van der Waals surface area contributed by atoms with Crippen molar-refractivity contribution in [2.45, 2.75) is 52.0 Å². The van der Waals surface area contributed by atoms with Crippen molar-refractivity contribution < 1.29 is 19.4 Å². The molecule has 2 amide bonds. The first-order chi connectivity index (χ1) is 21.5. The van der Waals surface area contributed by atoms with Crippen molar-refractivity contribution in [2.75, 3.05) is 6.54 Å². The molecule has 2 heterocycles. The summed E-state index contributed by atoms with van der Waals surface area (Å²) in [6.45, 7) is 5.71. The highest BCUT2D eigenvalue weighted by Gasteiger charge is 2.38. The van der Waals surface area contributed by atoms with Crippen LogP contribution in [0.1, 0.15) is 48.5 Å². The molecular weight excluding hydrogens is 552 g/mol. The van der Waals surface area contributed by atoms with E-state index in [9.17, 15) is 9.90 Å². The minimum absolute atomic E-state index is 0.000582. The Balaban J connectivity index is 1.29. The first kappa shape index (κ1) is 29.6. The first-order valence-electron chi connectivity index (χ1n) is 15.1. The molecule has 0 saturated carbocycles. The van der Waals surface area contributed by atoms with Crippen LogP contribution in [0.4, 0.5) is 4.79 Å². The van der Waals surface area contributed by atoms with Crippen molar-refractivity contribution in [2.24, 2.45) is 5.92 Å². The van der Waals surface area contributed by atoms with Crippen molar-refractivity contribution in [3.8, 4) is 11.1 Å². The van der Waals surface area contributed by atoms with Crippen LogP contribution in [0.3, 0.4) is 0 Å². The number of nitrogens with one attached hydrogen (secondary N) is 2. The van der Waals surface area contributed by atoms with Gasteiger partial charge in [-0.05, 0) is 59.0 Å². The molecule has 8 heteroatoms. The number of rotatable bonds is 9. The van der Waals surface area contributed by atoms with Crippen LogP contribution < -0.4 is 10.6 Å². The van der Waals surface area contributed by atoms with E-state index >= 15 is 0 Å². The summed E-state index contributed by atoms with van der Waals surface area (Å²) in [5.74, 6) is 0.0460. The van der Waals surface area contributed by atoms with Gasteiger partial charge in [0.2, 0.25) is 0 Å². The molecule has 4 unspecified atom stereocenters. The molecule has 1 saturated heterocycles. The average molecular weight is 591 g/mol. The molecule has 0 radical (unpaired) electrons. The number of benzene rings is 4. The molecule has 6 rings (SSSR count). The molecule has 3 N–H and O–H groups in total. The van der Waals surface area contributed by atoms with Crippen LogP contribution in [0.2, 0.25) is 0 Å². The minimum atomic E-state index is -0.587. The summed E-state index contributed by atoms with van der Waals surface area (Å²) in [7, 11) is 0. The van der Waals surface area contributed by atoms with Crippen LogP contribution in [0.5, 0.6) is 0 Å². The number of aliphatic hydroxyl groups is 1. The lowest BCUT2D eigenvalue weighted by Crippen LogP contribution is -2.39. The number of imidazole rings is 1. The molecule has 8 nitrogen and oxygen atoms in total. The minimum Gasteiger partial charge on any atom is -0.392 e. The number of ether oxygens (including phenoxy) is 2. The van der Waals surface area contributed by atoms with Crippen LogP contribution >= 0.6 is 0 Å². The van der Waals surface area contributed by atoms with E-state index in [1.165, 1.54) is 0 Å². The van der Waals surface area contributed by atoms with Crippen LogP contribution in [-0.4, -0.2) is 33.3 Å². The Labute approximate surface area is 257 Å². The van der Waals surface area contributed by atoms with Crippen LogP contribution in [0.25, 0.3) is 22.2 Å². The van der Waals surface area contributed by atoms with Crippen LogP contribution in [-0.2, 0) is 29.2 Å². The second kappa shape index (κ2) is 13.4. The number of amides is 2. The number of aliphatic hydroxyl groups excluding tert-OH is 1. The van der Waals surface area contributed by atoms with E-state index in [1.54, 1.807) is 0 Å². The Hall–Kier alpha value is -4.50. The Morgan fingerprint density at radius 3 is 2.43 bits per heavy atom. The maximum atomic E-state index is 11.9. The van der Waals surface area contributed by atoms with Crippen molar-refractivity contribution in [3.63, 3.8) is 0 Å². The van der Waals surface area contributed by atoms with E-state index in [4.69, 9.17) is 9.47 Å². The van der Waals surface area contributed by atoms with Gasteiger partial charge in [0.15, 0.2) is 6.29 Å². The third-order valence-corrected chi connectivity index (χ3v) is 8.24. The molecule has 1 aromatic heterocycles. The largest absolute Gasteiger partial charge is 0.392 e. The van der Waals surface area contributed by atoms with Crippen LogP contribution in [0.15, 0.2) is 103 Å². The lowest BCUT2D eigenvalue weighted by molar-refractivity contribution is -0.276. The average Bonchev–Trinajstić information content (AvgIpc) is 3.48. The Morgan fingerprint density at radius 2 is 1.64 bits per heavy atom. The summed E-state index contributed by atoms with van der Waals surface area (Å²) in [6, 6.07) is 32.3. The van der Waals surface area contributed by atoms with Gasteiger partial charge in [0.05, 0.1) is 42.7 Å². The van der Waals surface area contributed by atoms with Gasteiger partial charge in [-0.3, -0.25) is 0 Å². The summed E-state index contributed by atoms with van der Waals surface area (Å²) >= 11 is 0. The lowest BCUT2D eigenvalue weighted by atomic mass is 9.90. The number of fused-ring (bicyclic) bond motifs is 1. The van der Waals surface area contributed by atoms with Crippen molar-refractivity contribution >= 4 is 17.1 Å². The summed E-state index contributed by atoms with van der Waals surface area (Å²) < 4.78 is 15.6. The zero-order chi connectivity index (χ0) is 30.5. The molecule has 5 aromatic rings. The van der Waals surface area contributed by atoms with Gasteiger partial charge in [0.1, 0.15) is 0 Å². The van der Waals surface area contributed by atoms with Gasteiger partial charge in [0.25, 0.3) is 0 Å². The maximum Gasteiger partial charge on any atom is 0.315 e. The number of nitrogens with zero attached hydrogens (tertiary/aromatic N) is 2. The van der Waals surface area contributed by atoms with Gasteiger partial charge >= 0.3 is 6.03 Å². The third kappa shape index (κ3) is 6.53. The monoisotopic (exact) mass is 590 g/mol. The Bertz CT molecular complexity index is 1720. The number of carbonyl (C=O) groups excluding carboxylic acids is 1. The maximum absolute atomic E-state index is 11.9. The van der Waals surface area contributed by atoms with Gasteiger partial charge in [-0.1, -0.05) is 79.7 Å². The van der Waals surface area contributed by atoms with E-state index in [2.05, 4.69) is 57.4 Å². The molecule has 226 valence electrons. The van der Waals surface area contributed by atoms with E-state index < -0.39 is 6.29 Å². The quantitative estimate of drug-likeness (QED) is 0.182. The highest BCUT2D eigenvalue weighted by atomic mass is 16.7. The molecule has 0 spiro atoms. The summed E-state index contributed by atoms with van der Waals surface area (Å²) in [5.41, 5.74) is 7.96. The fourth-order valence-corrected chi connectivity index (χ4v) is 5.81. The summed E-state index contributed by atoms with van der Waals surface area (Å²) in [5, 5.41) is 15.2. The van der Waals surface area contributed by atoms with Gasteiger partial charge in [-0.2, -0.15) is 0 Å². The second-order valence-corrected chi connectivity index (χ2v) is 11.2. The number of hydrogen-bond donors (Lipinski definition) is 3. The topological polar surface area (TPSA) is 97.6 Å².